The van der Waals surface area contributed by atoms with Gasteiger partial charge < -0.3 is 36.8 Å². The van der Waals surface area contributed by atoms with Gasteiger partial charge in [0, 0.05) is 36.8 Å². The van der Waals surface area contributed by atoms with Crippen molar-refractivity contribution in [1.29, 1.82) is 0 Å². The monoisotopic (exact) mass is 628 g/mol. The molecule has 0 radical (unpaired) electrons. The molecule has 4 aliphatic rings. The Morgan fingerprint density at radius 3 is 2.44 bits per heavy atom. The van der Waals surface area contributed by atoms with E-state index in [1.54, 1.807) is 0 Å². The van der Waals surface area contributed by atoms with Gasteiger partial charge in [0.2, 0.25) is 0 Å². The Hall–Kier alpha value is -1.59. The van der Waals surface area contributed by atoms with Gasteiger partial charge in [0.25, 0.3) is 0 Å². The van der Waals surface area contributed by atoms with Crippen molar-refractivity contribution < 1.29 is 25.2 Å². The van der Waals surface area contributed by atoms with E-state index >= 15 is 0 Å². The van der Waals surface area contributed by atoms with Crippen LogP contribution in [0.3, 0.4) is 0 Å². The van der Waals surface area contributed by atoms with Crippen LogP contribution in [-0.4, -0.2) is 81.1 Å². The van der Waals surface area contributed by atoms with Crippen LogP contribution in [0.2, 0.25) is 0 Å². The van der Waals surface area contributed by atoms with E-state index in [1.165, 1.54) is 24.0 Å². The highest BCUT2D eigenvalue weighted by Crippen LogP contribution is 2.42. The number of fused-ring (bicyclic) bond motifs is 5. The van der Waals surface area contributed by atoms with Crippen molar-refractivity contribution >= 4 is 5.97 Å². The summed E-state index contributed by atoms with van der Waals surface area (Å²) in [4.78, 5) is 11.8. The second-order valence-corrected chi connectivity index (χ2v) is 15.8. The van der Waals surface area contributed by atoms with E-state index in [0.29, 0.717) is 43.1 Å². The molecule has 1 saturated carbocycles. The van der Waals surface area contributed by atoms with Gasteiger partial charge in [0.1, 0.15) is 0 Å². The van der Waals surface area contributed by atoms with Crippen LogP contribution in [0.25, 0.3) is 0 Å². The quantitative estimate of drug-likeness (QED) is 0.251. The summed E-state index contributed by atoms with van der Waals surface area (Å²) in [5, 5.41) is 52.9. The second-order valence-electron chi connectivity index (χ2n) is 15.8. The van der Waals surface area contributed by atoms with Crippen molar-refractivity contribution in [3.63, 3.8) is 0 Å². The minimum atomic E-state index is -1.40. The van der Waals surface area contributed by atoms with Gasteiger partial charge in [-0.3, -0.25) is 10.1 Å². The first-order valence-electron chi connectivity index (χ1n) is 17.8. The first-order valence-corrected chi connectivity index (χ1v) is 17.8. The fraction of sp³-hybridized carbons (Fsp3) is 0.806. The highest BCUT2D eigenvalue weighted by Gasteiger charge is 2.40. The number of hydrogen-bond donors (Lipinski definition) is 8. The molecule has 254 valence electrons. The maximum atomic E-state index is 11.8. The molecule has 1 aromatic rings. The van der Waals surface area contributed by atoms with Crippen molar-refractivity contribution in [3.05, 3.63) is 35.4 Å². The number of hydrogen-bond acceptors (Lipinski definition) is 8. The predicted molar refractivity (Wildman–Crippen MR) is 177 cm³/mol. The first kappa shape index (κ1) is 34.7. The lowest BCUT2D eigenvalue weighted by Gasteiger charge is -2.45. The number of nitrogens with one attached hydrogen (secondary N) is 3. The molecular formula is C36H60N4O5. The number of aliphatic carboxylic acids is 1. The average molecular weight is 629 g/mol. The Morgan fingerprint density at radius 1 is 0.978 bits per heavy atom. The van der Waals surface area contributed by atoms with E-state index in [-0.39, 0.29) is 55.4 Å². The van der Waals surface area contributed by atoms with Gasteiger partial charge in [-0.05, 0) is 132 Å². The predicted octanol–water partition coefficient (Wildman–Crippen LogP) is 3.08. The third-order valence-electron chi connectivity index (χ3n) is 11.9. The summed E-state index contributed by atoms with van der Waals surface area (Å²) in [5.74, 6) is 0.713. The Kier molecular flexibility index (Phi) is 11.7. The molecule has 9 nitrogen and oxygen atoms in total. The number of aliphatic hydroxyl groups is 3. The lowest BCUT2D eigenvalue weighted by atomic mass is 9.66. The Morgan fingerprint density at radius 2 is 1.71 bits per heavy atom. The highest BCUT2D eigenvalue weighted by molar-refractivity contribution is 5.68. The number of aliphatic hydroxyl groups excluding tert-OH is 2. The van der Waals surface area contributed by atoms with Gasteiger partial charge in [0.05, 0.1) is 24.3 Å². The third kappa shape index (κ3) is 9.49. The van der Waals surface area contributed by atoms with Crippen molar-refractivity contribution in [2.75, 3.05) is 13.2 Å². The first-order chi connectivity index (χ1) is 21.4. The zero-order valence-electron chi connectivity index (χ0n) is 27.6. The van der Waals surface area contributed by atoms with Gasteiger partial charge in [-0.25, -0.2) is 0 Å². The summed E-state index contributed by atoms with van der Waals surface area (Å²) in [6.45, 7) is 4.46. The van der Waals surface area contributed by atoms with E-state index < -0.39 is 11.6 Å². The molecular weight excluding hydrogens is 568 g/mol. The second kappa shape index (κ2) is 15.1. The zero-order valence-corrected chi connectivity index (χ0v) is 27.6. The van der Waals surface area contributed by atoms with E-state index in [2.05, 4.69) is 54.1 Å². The lowest BCUT2D eigenvalue weighted by molar-refractivity contribution is -0.143. The van der Waals surface area contributed by atoms with Crippen LogP contribution in [0, 0.1) is 23.7 Å². The molecule has 3 aliphatic heterocycles. The van der Waals surface area contributed by atoms with Crippen molar-refractivity contribution in [2.45, 2.75) is 145 Å². The standard InChI is InChI=1S/C36H60N4O5/c1-23-32(42)11-10-31(39-23)28-9-8-27-7-6-24(21-41)12-13-36(45,20-34(43)44)22-38-35(2)18-30(40-33(37)19-35)16-26-5-3-4-25(14-26)15-29(27)17-28/h3-5,14,23-24,27-33,38-42,45H,6-13,15-22,37H2,1-2H3,(H,43,44). The number of benzene rings is 1. The molecule has 1 aliphatic carbocycles. The average Bonchev–Trinajstić information content (AvgIpc) is 2.97. The minimum absolute atomic E-state index is 0.0283. The maximum absolute atomic E-state index is 11.8. The Balaban J connectivity index is 1.39. The number of piperidine rings is 2. The third-order valence-corrected chi connectivity index (χ3v) is 11.9. The Bertz CT molecular complexity index is 1120. The molecule has 9 heteroatoms. The molecule has 3 fully saturated rings. The normalized spacial score (nSPS) is 42.1. The van der Waals surface area contributed by atoms with Crippen molar-refractivity contribution in [3.8, 4) is 0 Å². The number of carboxylic acids is 1. The van der Waals surface area contributed by atoms with Crippen LogP contribution in [-0.2, 0) is 17.6 Å². The number of nitrogens with two attached hydrogens (primary N) is 1. The van der Waals surface area contributed by atoms with Gasteiger partial charge >= 0.3 is 5.97 Å². The van der Waals surface area contributed by atoms with E-state index in [0.717, 1.165) is 51.4 Å². The van der Waals surface area contributed by atoms with Crippen molar-refractivity contribution in [2.24, 2.45) is 29.4 Å². The van der Waals surface area contributed by atoms with Gasteiger partial charge in [-0.2, -0.15) is 0 Å². The molecule has 1 aromatic carbocycles. The number of rotatable bonds is 4. The topological polar surface area (TPSA) is 160 Å². The van der Waals surface area contributed by atoms with Crippen LogP contribution < -0.4 is 21.7 Å². The summed E-state index contributed by atoms with van der Waals surface area (Å²) in [6.07, 6.45) is 10.9. The fourth-order valence-electron chi connectivity index (χ4n) is 9.29. The highest BCUT2D eigenvalue weighted by atomic mass is 16.4. The van der Waals surface area contributed by atoms with Crippen LogP contribution in [0.15, 0.2) is 24.3 Å². The molecule has 0 aromatic heterocycles. The molecule has 9 N–H and O–H groups in total. The lowest BCUT2D eigenvalue weighted by Crippen LogP contribution is -2.63. The van der Waals surface area contributed by atoms with Crippen molar-refractivity contribution in [1.82, 2.24) is 16.0 Å². The van der Waals surface area contributed by atoms with Gasteiger partial charge in [-0.1, -0.05) is 24.3 Å². The fourth-order valence-corrected chi connectivity index (χ4v) is 9.29. The summed E-state index contributed by atoms with van der Waals surface area (Å²) in [6, 6.07) is 9.82. The van der Waals surface area contributed by atoms with E-state index in [9.17, 15) is 25.2 Å². The Labute approximate surface area is 270 Å². The summed E-state index contributed by atoms with van der Waals surface area (Å²) < 4.78 is 0. The molecule has 11 unspecified atom stereocenters. The summed E-state index contributed by atoms with van der Waals surface area (Å²) in [5.41, 5.74) is 7.45. The summed E-state index contributed by atoms with van der Waals surface area (Å²) >= 11 is 0. The van der Waals surface area contributed by atoms with Crippen LogP contribution in [0.1, 0.15) is 102 Å². The maximum Gasteiger partial charge on any atom is 0.306 e. The van der Waals surface area contributed by atoms with Gasteiger partial charge in [0.15, 0.2) is 0 Å². The van der Waals surface area contributed by atoms with Gasteiger partial charge in [-0.15, -0.1) is 0 Å². The SMILES string of the molecule is CC1NC(C2CCC3CCC(CO)CCC(O)(CC(=O)O)CNC4(C)CC(N)NC(Cc5cccc(c5)CC3C2)C4)CCC1O. The minimum Gasteiger partial charge on any atom is -0.481 e. The molecule has 0 spiro atoms. The van der Waals surface area contributed by atoms with Crippen LogP contribution >= 0.6 is 0 Å². The molecule has 0 amide bonds. The van der Waals surface area contributed by atoms with Crippen LogP contribution in [0.4, 0.5) is 0 Å². The summed E-state index contributed by atoms with van der Waals surface area (Å²) in [7, 11) is 0. The number of carbonyl (C=O) groups is 1. The molecule has 3 heterocycles. The zero-order chi connectivity index (χ0) is 32.2. The molecule has 4 bridgehead atoms. The molecule has 2 saturated heterocycles. The van der Waals surface area contributed by atoms with E-state index in [1.807, 2.05) is 0 Å². The molecule has 45 heavy (non-hydrogen) atoms. The smallest absolute Gasteiger partial charge is 0.306 e. The van der Waals surface area contributed by atoms with E-state index in [4.69, 9.17) is 5.73 Å². The number of carboxylic acid groups (broad SMARTS) is 1. The molecule has 11 atom stereocenters. The number of β-amino-alcohol motifs (C(OH)–C–C–N with tert-alkyl or cyclic N) is 1. The largest absolute Gasteiger partial charge is 0.481 e. The molecule has 5 rings (SSSR count). The van der Waals surface area contributed by atoms with Crippen LogP contribution in [0.5, 0.6) is 0 Å².